The maximum Gasteiger partial charge on any atom is 0.257 e. The molecule has 0 bridgehead atoms. The third-order valence-electron chi connectivity index (χ3n) is 4.83. The van der Waals surface area contributed by atoms with E-state index in [0.717, 1.165) is 41.7 Å². The van der Waals surface area contributed by atoms with Gasteiger partial charge in [-0.15, -0.1) is 0 Å². The van der Waals surface area contributed by atoms with Crippen molar-refractivity contribution in [3.63, 3.8) is 0 Å². The van der Waals surface area contributed by atoms with Crippen LogP contribution in [0.1, 0.15) is 25.8 Å². The molecule has 0 saturated carbocycles. The Balaban J connectivity index is 1.23. The number of nitrogens with zero attached hydrogens (tertiary/aromatic N) is 2. The highest BCUT2D eigenvalue weighted by Crippen LogP contribution is 2.41. The van der Waals surface area contributed by atoms with E-state index in [4.69, 9.17) is 9.47 Å². The minimum absolute atomic E-state index is 0.0196. The van der Waals surface area contributed by atoms with Crippen molar-refractivity contribution in [2.45, 2.75) is 38.8 Å². The molecule has 6 nitrogen and oxygen atoms in total. The number of aryl methyl sites for hydroxylation is 1. The van der Waals surface area contributed by atoms with Gasteiger partial charge in [-0.1, -0.05) is 12.1 Å². The maximum absolute atomic E-state index is 12.1. The zero-order chi connectivity index (χ0) is 19.6. The molecule has 0 saturated heterocycles. The predicted molar refractivity (Wildman–Crippen MR) is 108 cm³/mol. The number of benzene rings is 1. The first-order valence-electron chi connectivity index (χ1n) is 9.62. The van der Waals surface area contributed by atoms with Gasteiger partial charge in [-0.25, -0.2) is 4.98 Å². The van der Waals surface area contributed by atoms with Crippen molar-refractivity contribution in [3.8, 4) is 11.5 Å². The van der Waals surface area contributed by atoms with Gasteiger partial charge in [0.15, 0.2) is 18.1 Å². The van der Waals surface area contributed by atoms with E-state index in [9.17, 15) is 4.79 Å². The van der Waals surface area contributed by atoms with Gasteiger partial charge in [-0.3, -0.25) is 4.79 Å². The maximum atomic E-state index is 12.1. The number of pyridine rings is 1. The first kappa shape index (κ1) is 18.3. The van der Waals surface area contributed by atoms with Crippen molar-refractivity contribution in [2.75, 3.05) is 13.2 Å². The summed E-state index contributed by atoms with van der Waals surface area (Å²) in [4.78, 5) is 16.5. The zero-order valence-electron chi connectivity index (χ0n) is 16.3. The van der Waals surface area contributed by atoms with Crippen molar-refractivity contribution >= 4 is 16.9 Å². The number of ether oxygens (including phenoxy) is 2. The van der Waals surface area contributed by atoms with Gasteiger partial charge < -0.3 is 19.4 Å². The highest BCUT2D eigenvalue weighted by Gasteiger charge is 2.32. The summed E-state index contributed by atoms with van der Waals surface area (Å²) in [5, 5.41) is 4.03. The summed E-state index contributed by atoms with van der Waals surface area (Å²) < 4.78 is 13.8. The van der Waals surface area contributed by atoms with Gasteiger partial charge in [0.05, 0.1) is 0 Å². The fourth-order valence-corrected chi connectivity index (χ4v) is 3.57. The normalized spacial score (nSPS) is 14.5. The molecule has 3 aromatic rings. The molecule has 146 valence electrons. The van der Waals surface area contributed by atoms with Gasteiger partial charge in [0.25, 0.3) is 5.91 Å². The van der Waals surface area contributed by atoms with Crippen LogP contribution >= 0.6 is 0 Å². The minimum atomic E-state index is -0.235. The summed E-state index contributed by atoms with van der Waals surface area (Å²) in [6.07, 6.45) is 5.49. The standard InChI is InChI=1S/C22H25N3O3/c1-22(2)14-17-6-3-8-18(20(17)28-22)27-15-19(26)23-11-5-12-25-13-9-16-7-4-10-24-21(16)25/h3-4,6-10,13H,5,11-12,14-15H2,1-2H3,(H,23,26). The molecule has 1 aromatic carbocycles. The van der Waals surface area contributed by atoms with Crippen LogP contribution in [0.15, 0.2) is 48.8 Å². The van der Waals surface area contributed by atoms with E-state index in [1.165, 1.54) is 0 Å². The van der Waals surface area contributed by atoms with E-state index in [2.05, 4.69) is 20.9 Å². The summed E-state index contributed by atoms with van der Waals surface area (Å²) in [7, 11) is 0. The number of nitrogens with one attached hydrogen (secondary N) is 1. The molecule has 0 spiro atoms. The molecule has 0 atom stereocenters. The van der Waals surface area contributed by atoms with E-state index >= 15 is 0 Å². The van der Waals surface area contributed by atoms with Crippen LogP contribution in [-0.2, 0) is 17.8 Å². The third kappa shape index (κ3) is 3.96. The number of carbonyl (C=O) groups is 1. The minimum Gasteiger partial charge on any atom is -0.483 e. The SMILES string of the molecule is CC1(C)Cc2cccc(OCC(=O)NCCCn3ccc4cccnc43)c2O1. The predicted octanol–water partition coefficient (Wildman–Crippen LogP) is 3.34. The van der Waals surface area contributed by atoms with Crippen molar-refractivity contribution in [2.24, 2.45) is 0 Å². The lowest BCUT2D eigenvalue weighted by Gasteiger charge is -2.18. The fourth-order valence-electron chi connectivity index (χ4n) is 3.57. The summed E-state index contributed by atoms with van der Waals surface area (Å²) in [6.45, 7) is 5.47. The Morgan fingerprint density at radius 1 is 1.29 bits per heavy atom. The Kier molecular flexibility index (Phi) is 4.94. The van der Waals surface area contributed by atoms with Crippen molar-refractivity contribution in [1.29, 1.82) is 0 Å². The molecular formula is C22H25N3O3. The van der Waals surface area contributed by atoms with Crippen LogP contribution in [0.2, 0.25) is 0 Å². The molecule has 1 aliphatic rings. The number of para-hydroxylation sites is 1. The molecule has 4 rings (SSSR count). The summed E-state index contributed by atoms with van der Waals surface area (Å²) in [5.41, 5.74) is 1.86. The molecular weight excluding hydrogens is 354 g/mol. The Morgan fingerprint density at radius 2 is 2.18 bits per heavy atom. The number of fused-ring (bicyclic) bond motifs is 2. The number of hydrogen-bond acceptors (Lipinski definition) is 4. The van der Waals surface area contributed by atoms with Crippen molar-refractivity contribution in [3.05, 3.63) is 54.4 Å². The molecule has 0 aliphatic carbocycles. The van der Waals surface area contributed by atoms with Gasteiger partial charge in [0.2, 0.25) is 0 Å². The lowest BCUT2D eigenvalue weighted by Crippen LogP contribution is -2.30. The highest BCUT2D eigenvalue weighted by molar-refractivity contribution is 5.77. The lowest BCUT2D eigenvalue weighted by atomic mass is 10.0. The zero-order valence-corrected chi connectivity index (χ0v) is 16.3. The monoisotopic (exact) mass is 379 g/mol. The van der Waals surface area contributed by atoms with E-state index in [-0.39, 0.29) is 18.1 Å². The Labute approximate surface area is 164 Å². The molecule has 0 radical (unpaired) electrons. The molecule has 0 fully saturated rings. The Morgan fingerprint density at radius 3 is 3.07 bits per heavy atom. The topological polar surface area (TPSA) is 65.4 Å². The first-order valence-corrected chi connectivity index (χ1v) is 9.62. The second kappa shape index (κ2) is 7.54. The van der Waals surface area contributed by atoms with Crippen LogP contribution in [-0.4, -0.2) is 34.2 Å². The van der Waals surface area contributed by atoms with Gasteiger partial charge in [0, 0.05) is 42.9 Å². The van der Waals surface area contributed by atoms with Crippen molar-refractivity contribution in [1.82, 2.24) is 14.9 Å². The molecule has 1 aliphatic heterocycles. The van der Waals surface area contributed by atoms with Gasteiger partial charge in [-0.2, -0.15) is 0 Å². The van der Waals surface area contributed by atoms with Gasteiger partial charge >= 0.3 is 0 Å². The van der Waals surface area contributed by atoms with Crippen LogP contribution < -0.4 is 14.8 Å². The third-order valence-corrected chi connectivity index (χ3v) is 4.83. The molecule has 1 amide bonds. The molecule has 0 unspecified atom stereocenters. The van der Waals surface area contributed by atoms with Crippen LogP contribution in [0.3, 0.4) is 0 Å². The summed E-state index contributed by atoms with van der Waals surface area (Å²) in [6, 6.07) is 11.8. The molecule has 28 heavy (non-hydrogen) atoms. The van der Waals surface area contributed by atoms with Crippen LogP contribution in [0.4, 0.5) is 0 Å². The Hall–Kier alpha value is -3.02. The first-order chi connectivity index (χ1) is 13.5. The second-order valence-electron chi connectivity index (χ2n) is 7.70. The smallest absolute Gasteiger partial charge is 0.257 e. The number of carbonyl (C=O) groups excluding carboxylic acids is 1. The van der Waals surface area contributed by atoms with Crippen LogP contribution in [0, 0.1) is 0 Å². The van der Waals surface area contributed by atoms with E-state index in [1.54, 1.807) is 6.20 Å². The fraction of sp³-hybridized carbons (Fsp3) is 0.364. The molecule has 2 aromatic heterocycles. The second-order valence-corrected chi connectivity index (χ2v) is 7.70. The molecule has 3 heterocycles. The van der Waals surface area contributed by atoms with Gasteiger partial charge in [0.1, 0.15) is 11.2 Å². The number of amides is 1. The van der Waals surface area contributed by atoms with Crippen LogP contribution in [0.5, 0.6) is 11.5 Å². The average molecular weight is 379 g/mol. The summed E-state index contributed by atoms with van der Waals surface area (Å²) >= 11 is 0. The van der Waals surface area contributed by atoms with E-state index in [0.29, 0.717) is 12.3 Å². The number of hydrogen-bond donors (Lipinski definition) is 1. The van der Waals surface area contributed by atoms with Gasteiger partial charge in [-0.05, 0) is 44.5 Å². The van der Waals surface area contributed by atoms with E-state index < -0.39 is 0 Å². The number of rotatable bonds is 7. The quantitative estimate of drug-likeness (QED) is 0.640. The molecule has 1 N–H and O–H groups in total. The summed E-state index contributed by atoms with van der Waals surface area (Å²) in [5.74, 6) is 1.25. The van der Waals surface area contributed by atoms with E-state index in [1.807, 2.05) is 50.4 Å². The number of aromatic nitrogens is 2. The van der Waals surface area contributed by atoms with Crippen LogP contribution in [0.25, 0.3) is 11.0 Å². The van der Waals surface area contributed by atoms with Crippen molar-refractivity contribution < 1.29 is 14.3 Å². The average Bonchev–Trinajstić information content (AvgIpc) is 3.22. The largest absolute Gasteiger partial charge is 0.483 e. The molecule has 6 heteroatoms. The Bertz CT molecular complexity index is 994. The highest BCUT2D eigenvalue weighted by atomic mass is 16.5. The lowest BCUT2D eigenvalue weighted by molar-refractivity contribution is -0.123.